The smallest absolute Gasteiger partial charge is 0.337 e. The van der Waals surface area contributed by atoms with Gasteiger partial charge in [0.2, 0.25) is 0 Å². The topological polar surface area (TPSA) is 74.7 Å². The Kier molecular flexibility index (Phi) is 5.72. The van der Waals surface area contributed by atoms with Crippen LogP contribution in [0.15, 0.2) is 58.5 Å². The molecule has 1 aliphatic heterocycles. The van der Waals surface area contributed by atoms with E-state index in [-0.39, 0.29) is 5.56 Å². The van der Waals surface area contributed by atoms with Gasteiger partial charge in [0.1, 0.15) is 0 Å². The summed E-state index contributed by atoms with van der Waals surface area (Å²) in [6.07, 6.45) is 1.83. The molecule has 0 aliphatic carbocycles. The summed E-state index contributed by atoms with van der Waals surface area (Å²) in [5.41, 5.74) is 2.40. The molecule has 2 aromatic carbocycles. The number of thiol groups is 1. The molecule has 3 aromatic rings. The second-order valence-corrected chi connectivity index (χ2v) is 7.96. The minimum atomic E-state index is -0.973. The molecule has 6 nitrogen and oxygen atoms in total. The van der Waals surface area contributed by atoms with Gasteiger partial charge in [-0.05, 0) is 42.3 Å². The molecule has 1 aromatic heterocycles. The Hall–Kier alpha value is -2.26. The number of carboxylic acid groups (broad SMARTS) is 1. The van der Waals surface area contributed by atoms with Crippen molar-refractivity contribution in [1.82, 2.24) is 9.29 Å². The first-order valence-electron chi connectivity index (χ1n) is 8.83. The molecule has 1 saturated heterocycles. The molecule has 2 heterocycles. The van der Waals surface area contributed by atoms with Gasteiger partial charge < -0.3 is 15.2 Å². The van der Waals surface area contributed by atoms with Gasteiger partial charge in [-0.25, -0.2) is 9.10 Å². The van der Waals surface area contributed by atoms with E-state index in [0.29, 0.717) is 18.9 Å². The van der Waals surface area contributed by atoms with Crippen LogP contribution in [-0.2, 0) is 4.74 Å². The molecule has 28 heavy (non-hydrogen) atoms. The zero-order valence-corrected chi connectivity index (χ0v) is 16.7. The number of anilines is 2. The predicted octanol–water partition coefficient (Wildman–Crippen LogP) is 4.30. The molecule has 4 rings (SSSR count). The van der Waals surface area contributed by atoms with E-state index < -0.39 is 5.97 Å². The zero-order chi connectivity index (χ0) is 19.5. The van der Waals surface area contributed by atoms with Crippen molar-refractivity contribution in [3.63, 3.8) is 0 Å². The van der Waals surface area contributed by atoms with Crippen molar-refractivity contribution in [1.29, 1.82) is 0 Å². The number of carboxylic acids is 1. The predicted molar refractivity (Wildman–Crippen MR) is 114 cm³/mol. The Morgan fingerprint density at radius 2 is 2.00 bits per heavy atom. The van der Waals surface area contributed by atoms with Crippen LogP contribution < -0.4 is 5.32 Å². The summed E-state index contributed by atoms with van der Waals surface area (Å²) >= 11 is 6.07. The van der Waals surface area contributed by atoms with Crippen LogP contribution >= 0.6 is 24.6 Å². The van der Waals surface area contributed by atoms with E-state index in [2.05, 4.69) is 27.2 Å². The van der Waals surface area contributed by atoms with Crippen molar-refractivity contribution < 1.29 is 14.6 Å². The number of para-hydroxylation sites is 1. The number of benzene rings is 2. The number of fused-ring (bicyclic) bond motifs is 1. The normalized spacial score (nSPS) is 14.9. The summed E-state index contributed by atoms with van der Waals surface area (Å²) in [5.74, 6) is -0.973. The highest BCUT2D eigenvalue weighted by Crippen LogP contribution is 2.38. The quantitative estimate of drug-likeness (QED) is 0.425. The van der Waals surface area contributed by atoms with Crippen LogP contribution in [-0.4, -0.2) is 46.7 Å². The average molecular weight is 414 g/mol. The minimum Gasteiger partial charge on any atom is -0.478 e. The van der Waals surface area contributed by atoms with Crippen molar-refractivity contribution >= 4 is 52.8 Å². The first-order valence-corrected chi connectivity index (χ1v) is 10.1. The van der Waals surface area contributed by atoms with Gasteiger partial charge >= 0.3 is 5.97 Å². The second kappa shape index (κ2) is 8.40. The molecule has 0 bridgehead atoms. The van der Waals surface area contributed by atoms with Gasteiger partial charge in [0.05, 0.1) is 40.6 Å². The fourth-order valence-electron chi connectivity index (χ4n) is 3.05. The van der Waals surface area contributed by atoms with Gasteiger partial charge in [-0.15, -0.1) is 12.6 Å². The number of hydrogen-bond acceptors (Lipinski definition) is 7. The molecular weight excluding hydrogens is 394 g/mol. The number of ether oxygens (including phenoxy) is 1. The molecule has 0 amide bonds. The molecular formula is C20H19N3O3S2. The maximum absolute atomic E-state index is 11.6. The summed E-state index contributed by atoms with van der Waals surface area (Å²) in [6, 6.07) is 12.6. The SMILES string of the molecule is O=C(O)c1ccccc1Nc1c(SN2CCOCC2)cnc2ccc(S)cc12. The van der Waals surface area contributed by atoms with Gasteiger partial charge in [-0.3, -0.25) is 4.98 Å². The first kappa shape index (κ1) is 19.1. The van der Waals surface area contributed by atoms with Crippen molar-refractivity contribution in [3.05, 3.63) is 54.2 Å². The lowest BCUT2D eigenvalue weighted by atomic mass is 10.1. The van der Waals surface area contributed by atoms with E-state index in [1.165, 1.54) is 0 Å². The van der Waals surface area contributed by atoms with Crippen LogP contribution in [0.4, 0.5) is 11.4 Å². The van der Waals surface area contributed by atoms with Crippen LogP contribution in [0.3, 0.4) is 0 Å². The van der Waals surface area contributed by atoms with Crippen LogP contribution in [0, 0.1) is 0 Å². The van der Waals surface area contributed by atoms with Gasteiger partial charge in [-0.2, -0.15) is 0 Å². The molecule has 8 heteroatoms. The van der Waals surface area contributed by atoms with Gasteiger partial charge in [0, 0.05) is 29.6 Å². The number of aromatic nitrogens is 1. The fourth-order valence-corrected chi connectivity index (χ4v) is 4.22. The molecule has 0 saturated carbocycles. The van der Waals surface area contributed by atoms with Crippen molar-refractivity contribution in [2.24, 2.45) is 0 Å². The van der Waals surface area contributed by atoms with Crippen molar-refractivity contribution in [2.75, 3.05) is 31.6 Å². The first-order chi connectivity index (χ1) is 13.6. The van der Waals surface area contributed by atoms with E-state index in [0.717, 1.165) is 39.5 Å². The summed E-state index contributed by atoms with van der Waals surface area (Å²) < 4.78 is 7.66. The lowest BCUT2D eigenvalue weighted by molar-refractivity contribution is 0.0698. The Labute approximate surface area is 172 Å². The third kappa shape index (κ3) is 4.10. The number of carbonyl (C=O) groups is 1. The van der Waals surface area contributed by atoms with E-state index in [1.54, 1.807) is 30.1 Å². The largest absolute Gasteiger partial charge is 0.478 e. The molecule has 0 spiro atoms. The molecule has 144 valence electrons. The Morgan fingerprint density at radius 3 is 2.79 bits per heavy atom. The molecule has 2 N–H and O–H groups in total. The summed E-state index contributed by atoms with van der Waals surface area (Å²) in [7, 11) is 0. The summed E-state index contributed by atoms with van der Waals surface area (Å²) in [5, 5.41) is 13.8. The molecule has 0 atom stereocenters. The third-order valence-corrected chi connectivity index (χ3v) is 5.84. The van der Waals surface area contributed by atoms with Crippen molar-refractivity contribution in [3.8, 4) is 0 Å². The zero-order valence-electron chi connectivity index (χ0n) is 15.0. The Balaban J connectivity index is 1.80. The maximum atomic E-state index is 11.6. The Morgan fingerprint density at radius 1 is 1.21 bits per heavy atom. The van der Waals surface area contributed by atoms with Crippen LogP contribution in [0.1, 0.15) is 10.4 Å². The maximum Gasteiger partial charge on any atom is 0.337 e. The summed E-state index contributed by atoms with van der Waals surface area (Å²) in [4.78, 5) is 18.0. The van der Waals surface area contributed by atoms with Crippen LogP contribution in [0.25, 0.3) is 10.9 Å². The van der Waals surface area contributed by atoms with Crippen molar-refractivity contribution in [2.45, 2.75) is 9.79 Å². The number of nitrogens with one attached hydrogen (secondary N) is 1. The number of rotatable bonds is 5. The average Bonchev–Trinajstić information content (AvgIpc) is 2.71. The molecule has 0 unspecified atom stereocenters. The number of pyridine rings is 1. The number of nitrogens with zero attached hydrogens (tertiary/aromatic N) is 2. The number of aromatic carboxylic acids is 1. The van der Waals surface area contributed by atoms with Crippen LogP contribution in [0.2, 0.25) is 0 Å². The highest BCUT2D eigenvalue weighted by atomic mass is 32.2. The van der Waals surface area contributed by atoms with Gasteiger partial charge in [0.15, 0.2) is 0 Å². The lowest BCUT2D eigenvalue weighted by Crippen LogP contribution is -2.31. The van der Waals surface area contributed by atoms with Gasteiger partial charge in [0.25, 0.3) is 0 Å². The fraction of sp³-hybridized carbons (Fsp3) is 0.200. The van der Waals surface area contributed by atoms with E-state index in [4.69, 9.17) is 4.74 Å². The number of morpholine rings is 1. The third-order valence-electron chi connectivity index (χ3n) is 4.43. The molecule has 0 radical (unpaired) electrons. The van der Waals surface area contributed by atoms with E-state index in [1.807, 2.05) is 30.5 Å². The summed E-state index contributed by atoms with van der Waals surface area (Å²) in [6.45, 7) is 3.03. The molecule has 1 fully saturated rings. The van der Waals surface area contributed by atoms with E-state index >= 15 is 0 Å². The highest BCUT2D eigenvalue weighted by molar-refractivity contribution is 7.97. The van der Waals surface area contributed by atoms with Crippen LogP contribution in [0.5, 0.6) is 0 Å². The molecule has 1 aliphatic rings. The second-order valence-electron chi connectivity index (χ2n) is 6.31. The minimum absolute atomic E-state index is 0.219. The monoisotopic (exact) mass is 413 g/mol. The van der Waals surface area contributed by atoms with E-state index in [9.17, 15) is 9.90 Å². The van der Waals surface area contributed by atoms with Gasteiger partial charge in [-0.1, -0.05) is 12.1 Å². The lowest BCUT2D eigenvalue weighted by Gasteiger charge is -2.26. The number of hydrogen-bond donors (Lipinski definition) is 3. The Bertz CT molecular complexity index is 1020. The standard InChI is InChI=1S/C20H19N3O3S2/c24-20(25)14-3-1-2-4-17(14)22-19-15-11-13(27)5-6-16(15)21-12-18(19)28-23-7-9-26-10-8-23/h1-6,11-12,27H,7-10H2,(H,21,22)(H,24,25). The highest BCUT2D eigenvalue weighted by Gasteiger charge is 2.18.